The predicted molar refractivity (Wildman–Crippen MR) is 143 cm³/mol. The van der Waals surface area contributed by atoms with Gasteiger partial charge in [-0.1, -0.05) is 36.4 Å². The number of rotatable bonds is 10. The molecule has 9 heteroatoms. The van der Waals surface area contributed by atoms with E-state index >= 15 is 0 Å². The van der Waals surface area contributed by atoms with Gasteiger partial charge in [0.2, 0.25) is 4.77 Å². The first-order chi connectivity index (χ1) is 17.0. The monoisotopic (exact) mass is 554 g/mol. The number of aromatic amines is 1. The van der Waals surface area contributed by atoms with Gasteiger partial charge < -0.3 is 19.6 Å². The molecule has 0 aliphatic heterocycles. The second kappa shape index (κ2) is 11.4. The van der Waals surface area contributed by atoms with Crippen LogP contribution < -0.4 is 19.6 Å². The molecule has 0 unspecified atom stereocenters. The summed E-state index contributed by atoms with van der Waals surface area (Å²) in [7, 11) is 1.63. The number of para-hydroxylation sites is 1. The predicted octanol–water partition coefficient (Wildman–Crippen LogP) is 6.41. The Balaban J connectivity index is 1.57. The van der Waals surface area contributed by atoms with Crippen LogP contribution in [0, 0.1) is 11.7 Å². The normalized spacial score (nSPS) is 10.7. The molecule has 0 bridgehead atoms. The topological polar surface area (TPSA) is 73.3 Å². The Bertz CT molecular complexity index is 1370. The lowest BCUT2D eigenvalue weighted by molar-refractivity contribution is 0.267. The molecule has 182 valence electrons. The van der Waals surface area contributed by atoms with E-state index in [-0.39, 0.29) is 0 Å². The summed E-state index contributed by atoms with van der Waals surface area (Å²) in [5.41, 5.74) is 7.48. The minimum absolute atomic E-state index is 0.452. The molecular weight excluding hydrogens is 528 g/mol. The molecule has 1 aromatic heterocycles. The van der Waals surface area contributed by atoms with Crippen molar-refractivity contribution in [2.75, 3.05) is 19.1 Å². The fraction of sp³-hybridized carbons (Fsp3) is 0.231. The van der Waals surface area contributed by atoms with Crippen molar-refractivity contribution in [1.82, 2.24) is 14.9 Å². The summed E-state index contributed by atoms with van der Waals surface area (Å²) in [6, 6.07) is 19.8. The van der Waals surface area contributed by atoms with Gasteiger partial charge in [-0.3, -0.25) is 0 Å². The molecule has 0 aliphatic rings. The number of hydrogen-bond donors (Lipinski definition) is 2. The number of nitrogens with one attached hydrogen (secondary N) is 2. The fourth-order valence-electron chi connectivity index (χ4n) is 3.67. The van der Waals surface area contributed by atoms with Crippen LogP contribution in [0.15, 0.2) is 65.1 Å². The van der Waals surface area contributed by atoms with Crippen molar-refractivity contribution in [3.8, 4) is 28.6 Å². The number of methoxy groups -OCH3 is 1. The van der Waals surface area contributed by atoms with E-state index in [1.807, 2.05) is 55.5 Å². The Kier molecular flexibility index (Phi) is 8.09. The van der Waals surface area contributed by atoms with E-state index in [1.54, 1.807) is 11.8 Å². The molecule has 0 radical (unpaired) electrons. The third kappa shape index (κ3) is 5.68. The average Bonchev–Trinajstić information content (AvgIpc) is 3.23. The molecule has 1 heterocycles. The van der Waals surface area contributed by atoms with Gasteiger partial charge >= 0.3 is 0 Å². The Morgan fingerprint density at radius 2 is 1.83 bits per heavy atom. The van der Waals surface area contributed by atoms with Crippen LogP contribution in [-0.2, 0) is 13.2 Å². The SMILES string of the molecule is CCOc1cc(CNn2c(-c3ccccc3OC)n[nH]c2=S)cc(Br)c1OCc1ccccc1C. The van der Waals surface area contributed by atoms with Crippen LogP contribution in [0.3, 0.4) is 0 Å². The lowest BCUT2D eigenvalue weighted by atomic mass is 10.1. The summed E-state index contributed by atoms with van der Waals surface area (Å²) in [4.78, 5) is 0. The van der Waals surface area contributed by atoms with Gasteiger partial charge in [0.25, 0.3) is 0 Å². The molecule has 0 amide bonds. The zero-order valence-electron chi connectivity index (χ0n) is 19.8. The van der Waals surface area contributed by atoms with Crippen LogP contribution in [0.1, 0.15) is 23.6 Å². The Morgan fingerprint density at radius 1 is 1.06 bits per heavy atom. The van der Waals surface area contributed by atoms with Gasteiger partial charge in [0, 0.05) is 0 Å². The zero-order chi connectivity index (χ0) is 24.8. The quantitative estimate of drug-likeness (QED) is 0.221. The van der Waals surface area contributed by atoms with E-state index in [9.17, 15) is 0 Å². The molecule has 0 aliphatic carbocycles. The summed E-state index contributed by atoms with van der Waals surface area (Å²) in [5, 5.41) is 7.25. The summed E-state index contributed by atoms with van der Waals surface area (Å²) in [5.74, 6) is 2.69. The lowest BCUT2D eigenvalue weighted by Gasteiger charge is -2.17. The molecule has 7 nitrogen and oxygen atoms in total. The molecular formula is C26H27BrN4O3S. The molecule has 35 heavy (non-hydrogen) atoms. The summed E-state index contributed by atoms with van der Waals surface area (Å²) < 4.78 is 20.6. The number of hydrogen-bond acceptors (Lipinski definition) is 6. The number of halogens is 1. The lowest BCUT2D eigenvalue weighted by Crippen LogP contribution is -2.16. The molecule has 3 aromatic carbocycles. The van der Waals surface area contributed by atoms with Crippen molar-refractivity contribution in [3.05, 3.63) is 86.6 Å². The van der Waals surface area contributed by atoms with Gasteiger partial charge in [0.15, 0.2) is 17.3 Å². The second-order valence-electron chi connectivity index (χ2n) is 7.78. The summed E-state index contributed by atoms with van der Waals surface area (Å²) >= 11 is 9.13. The van der Waals surface area contributed by atoms with E-state index in [0.29, 0.717) is 47.6 Å². The molecule has 0 saturated heterocycles. The van der Waals surface area contributed by atoms with Gasteiger partial charge in [-0.2, -0.15) is 5.10 Å². The highest BCUT2D eigenvalue weighted by Crippen LogP contribution is 2.38. The number of nitrogens with zero attached hydrogens (tertiary/aromatic N) is 2. The van der Waals surface area contributed by atoms with E-state index in [1.165, 1.54) is 5.56 Å². The number of aromatic nitrogens is 3. The van der Waals surface area contributed by atoms with Crippen molar-refractivity contribution in [3.63, 3.8) is 0 Å². The van der Waals surface area contributed by atoms with Crippen molar-refractivity contribution in [2.45, 2.75) is 27.0 Å². The molecule has 4 rings (SSSR count). The van der Waals surface area contributed by atoms with Crippen LogP contribution in [0.2, 0.25) is 0 Å². The highest BCUT2D eigenvalue weighted by Gasteiger charge is 2.16. The number of H-pyrrole nitrogens is 1. The van der Waals surface area contributed by atoms with Crippen molar-refractivity contribution < 1.29 is 14.2 Å². The smallest absolute Gasteiger partial charge is 0.214 e. The van der Waals surface area contributed by atoms with Crippen molar-refractivity contribution in [2.24, 2.45) is 0 Å². The molecule has 0 saturated carbocycles. The maximum absolute atomic E-state index is 6.17. The van der Waals surface area contributed by atoms with Gasteiger partial charge in [-0.15, -0.1) is 0 Å². The van der Waals surface area contributed by atoms with E-state index in [0.717, 1.165) is 21.2 Å². The third-order valence-electron chi connectivity index (χ3n) is 5.46. The minimum Gasteiger partial charge on any atom is -0.496 e. The highest BCUT2D eigenvalue weighted by molar-refractivity contribution is 9.10. The maximum Gasteiger partial charge on any atom is 0.214 e. The first-order valence-electron chi connectivity index (χ1n) is 11.2. The standard InChI is InChI=1S/C26H27BrN4O3S/c1-4-33-23-14-18(13-21(27)24(23)34-16-19-10-6-5-9-17(19)2)15-28-31-25(29-30-26(31)35)20-11-7-8-12-22(20)32-3/h5-14,28H,4,15-16H2,1-3H3,(H,30,35). The number of ether oxygens (including phenoxy) is 3. The largest absolute Gasteiger partial charge is 0.496 e. The van der Waals surface area contributed by atoms with Gasteiger partial charge in [-0.05, 0) is 83.0 Å². The van der Waals surface area contributed by atoms with Crippen molar-refractivity contribution in [1.29, 1.82) is 0 Å². The van der Waals surface area contributed by atoms with E-state index in [2.05, 4.69) is 50.6 Å². The van der Waals surface area contributed by atoms with Crippen molar-refractivity contribution >= 4 is 28.1 Å². The molecule has 0 fully saturated rings. The average molecular weight is 555 g/mol. The second-order valence-corrected chi connectivity index (χ2v) is 9.02. The van der Waals surface area contributed by atoms with Gasteiger partial charge in [0.1, 0.15) is 12.4 Å². The van der Waals surface area contributed by atoms with Crippen LogP contribution >= 0.6 is 28.1 Å². The van der Waals surface area contributed by atoms with Crippen LogP contribution in [0.5, 0.6) is 17.2 Å². The van der Waals surface area contributed by atoms with Gasteiger partial charge in [0.05, 0.1) is 30.3 Å². The van der Waals surface area contributed by atoms with E-state index in [4.69, 9.17) is 26.4 Å². The minimum atomic E-state index is 0.452. The summed E-state index contributed by atoms with van der Waals surface area (Å²) in [6.07, 6.45) is 0. The molecule has 4 aromatic rings. The molecule has 0 atom stereocenters. The Hall–Kier alpha value is -3.30. The van der Waals surface area contributed by atoms with Crippen LogP contribution in [0.4, 0.5) is 0 Å². The number of benzene rings is 3. The zero-order valence-corrected chi connectivity index (χ0v) is 22.2. The molecule has 2 N–H and O–H groups in total. The highest BCUT2D eigenvalue weighted by atomic mass is 79.9. The van der Waals surface area contributed by atoms with Crippen LogP contribution in [0.25, 0.3) is 11.4 Å². The van der Waals surface area contributed by atoms with Gasteiger partial charge in [-0.25, -0.2) is 9.77 Å². The van der Waals surface area contributed by atoms with E-state index < -0.39 is 0 Å². The number of aryl methyl sites for hydroxylation is 1. The first-order valence-corrected chi connectivity index (χ1v) is 12.4. The maximum atomic E-state index is 6.17. The van der Waals surface area contributed by atoms with Crippen LogP contribution in [-0.4, -0.2) is 28.6 Å². The molecule has 0 spiro atoms. The first kappa shape index (κ1) is 24.8. The fourth-order valence-corrected chi connectivity index (χ4v) is 4.47. The Morgan fingerprint density at radius 3 is 2.60 bits per heavy atom. The third-order valence-corrected chi connectivity index (χ3v) is 6.33. The Labute approximate surface area is 218 Å². The summed E-state index contributed by atoms with van der Waals surface area (Å²) in [6.45, 7) is 5.48.